The summed E-state index contributed by atoms with van der Waals surface area (Å²) in [6, 6.07) is 7.05. The first kappa shape index (κ1) is 18.3. The van der Waals surface area contributed by atoms with Crippen molar-refractivity contribution >= 4 is 35.6 Å². The predicted molar refractivity (Wildman–Crippen MR) is 90.9 cm³/mol. The molecule has 4 N–H and O–H groups in total. The van der Waals surface area contributed by atoms with Crippen molar-refractivity contribution < 1.29 is 9.59 Å². The second-order valence-electron chi connectivity index (χ2n) is 5.62. The van der Waals surface area contributed by atoms with E-state index in [0.29, 0.717) is 23.7 Å². The van der Waals surface area contributed by atoms with Gasteiger partial charge in [0.05, 0.1) is 17.9 Å². The van der Waals surface area contributed by atoms with Gasteiger partial charge in [-0.2, -0.15) is 0 Å². The van der Waals surface area contributed by atoms with Crippen molar-refractivity contribution in [1.29, 1.82) is 0 Å². The highest BCUT2D eigenvalue weighted by atomic mass is 35.5. The lowest BCUT2D eigenvalue weighted by Gasteiger charge is -2.20. The van der Waals surface area contributed by atoms with Gasteiger partial charge in [-0.15, -0.1) is 12.4 Å². The van der Waals surface area contributed by atoms with Crippen LogP contribution < -0.4 is 16.4 Å². The molecule has 0 bridgehead atoms. The van der Waals surface area contributed by atoms with Crippen LogP contribution in [-0.2, 0) is 9.59 Å². The summed E-state index contributed by atoms with van der Waals surface area (Å²) < 4.78 is 0. The predicted octanol–water partition coefficient (Wildman–Crippen LogP) is 2.72. The van der Waals surface area contributed by atoms with E-state index >= 15 is 0 Å². The Balaban J connectivity index is 0.00000242. The highest BCUT2D eigenvalue weighted by Crippen LogP contribution is 2.26. The Morgan fingerprint density at radius 1 is 1.09 bits per heavy atom. The molecule has 0 heterocycles. The van der Waals surface area contributed by atoms with Crippen LogP contribution in [0.3, 0.4) is 0 Å². The number of rotatable bonds is 5. The summed E-state index contributed by atoms with van der Waals surface area (Å²) in [4.78, 5) is 23.6. The van der Waals surface area contributed by atoms with Gasteiger partial charge in [-0.25, -0.2) is 0 Å². The smallest absolute Gasteiger partial charge is 0.243 e. The van der Waals surface area contributed by atoms with E-state index in [1.807, 2.05) is 0 Å². The molecule has 0 saturated heterocycles. The van der Waals surface area contributed by atoms with Gasteiger partial charge in [-0.05, 0) is 30.9 Å². The minimum Gasteiger partial charge on any atom is -0.397 e. The van der Waals surface area contributed by atoms with E-state index in [1.54, 1.807) is 24.3 Å². The Morgan fingerprint density at radius 2 is 1.77 bits per heavy atom. The molecule has 2 amide bonds. The summed E-state index contributed by atoms with van der Waals surface area (Å²) in [6.45, 7) is -0.0140. The number of halogens is 1. The molecule has 1 aliphatic carbocycles. The van der Waals surface area contributed by atoms with E-state index in [-0.39, 0.29) is 30.8 Å². The Bertz CT molecular complexity index is 502. The molecule has 0 aromatic heterocycles. The van der Waals surface area contributed by atoms with Gasteiger partial charge < -0.3 is 16.4 Å². The van der Waals surface area contributed by atoms with Crippen LogP contribution in [0.1, 0.15) is 38.5 Å². The summed E-state index contributed by atoms with van der Waals surface area (Å²) in [5.41, 5.74) is 6.83. The third-order valence-corrected chi connectivity index (χ3v) is 3.88. The minimum absolute atomic E-state index is 0. The van der Waals surface area contributed by atoms with Crippen molar-refractivity contribution in [3.8, 4) is 0 Å². The van der Waals surface area contributed by atoms with Crippen molar-refractivity contribution in [2.24, 2.45) is 5.92 Å². The van der Waals surface area contributed by atoms with Gasteiger partial charge >= 0.3 is 0 Å². The molecule has 0 atom stereocenters. The summed E-state index contributed by atoms with van der Waals surface area (Å²) >= 11 is 0. The quantitative estimate of drug-likeness (QED) is 0.728. The molecular formula is C16H24ClN3O2. The van der Waals surface area contributed by atoms with E-state index < -0.39 is 0 Å². The molecule has 1 saturated carbocycles. The van der Waals surface area contributed by atoms with E-state index in [1.165, 1.54) is 19.3 Å². The Kier molecular flexibility index (Phi) is 7.74. The molecule has 22 heavy (non-hydrogen) atoms. The van der Waals surface area contributed by atoms with Crippen LogP contribution in [0.15, 0.2) is 24.3 Å². The maximum atomic E-state index is 11.8. The molecule has 122 valence electrons. The largest absolute Gasteiger partial charge is 0.397 e. The molecule has 0 unspecified atom stereocenters. The molecule has 2 rings (SSSR count). The van der Waals surface area contributed by atoms with Crippen LogP contribution in [0, 0.1) is 5.92 Å². The average Bonchev–Trinajstić information content (AvgIpc) is 2.49. The van der Waals surface area contributed by atoms with Gasteiger partial charge in [0, 0.05) is 6.42 Å². The Labute approximate surface area is 137 Å². The van der Waals surface area contributed by atoms with Crippen LogP contribution in [0.5, 0.6) is 0 Å². The molecule has 1 aromatic carbocycles. The van der Waals surface area contributed by atoms with Crippen molar-refractivity contribution in [3.63, 3.8) is 0 Å². The van der Waals surface area contributed by atoms with Crippen LogP contribution in [-0.4, -0.2) is 18.4 Å². The number of nitrogens with one attached hydrogen (secondary N) is 2. The van der Waals surface area contributed by atoms with E-state index in [2.05, 4.69) is 10.6 Å². The number of carbonyl (C=O) groups is 2. The van der Waals surface area contributed by atoms with Gasteiger partial charge in [-0.3, -0.25) is 9.59 Å². The van der Waals surface area contributed by atoms with Crippen molar-refractivity contribution in [3.05, 3.63) is 24.3 Å². The van der Waals surface area contributed by atoms with Gasteiger partial charge in [0.2, 0.25) is 11.8 Å². The van der Waals surface area contributed by atoms with Gasteiger partial charge in [0.25, 0.3) is 0 Å². The summed E-state index contributed by atoms with van der Waals surface area (Å²) in [7, 11) is 0. The van der Waals surface area contributed by atoms with E-state index in [4.69, 9.17) is 5.73 Å². The lowest BCUT2D eigenvalue weighted by atomic mass is 9.87. The number of anilines is 2. The topological polar surface area (TPSA) is 84.2 Å². The van der Waals surface area contributed by atoms with E-state index in [0.717, 1.165) is 12.8 Å². The maximum Gasteiger partial charge on any atom is 0.243 e. The highest BCUT2D eigenvalue weighted by Gasteiger charge is 2.17. The van der Waals surface area contributed by atoms with Crippen LogP contribution in [0.2, 0.25) is 0 Å². The second-order valence-corrected chi connectivity index (χ2v) is 5.62. The van der Waals surface area contributed by atoms with Crippen molar-refractivity contribution in [2.45, 2.75) is 38.5 Å². The fourth-order valence-electron chi connectivity index (χ4n) is 2.71. The van der Waals surface area contributed by atoms with Gasteiger partial charge in [-0.1, -0.05) is 31.4 Å². The van der Waals surface area contributed by atoms with Crippen LogP contribution in [0.4, 0.5) is 11.4 Å². The number of para-hydroxylation sites is 2. The zero-order valence-electron chi connectivity index (χ0n) is 12.6. The zero-order chi connectivity index (χ0) is 15.1. The number of hydrogen-bond donors (Lipinski definition) is 3. The number of nitrogen functional groups attached to an aromatic ring is 1. The van der Waals surface area contributed by atoms with Crippen LogP contribution >= 0.6 is 12.4 Å². The van der Waals surface area contributed by atoms with Gasteiger partial charge in [0.15, 0.2) is 0 Å². The molecule has 5 nitrogen and oxygen atoms in total. The molecule has 0 aliphatic heterocycles. The Hall–Kier alpha value is -1.75. The zero-order valence-corrected chi connectivity index (χ0v) is 13.5. The number of carbonyl (C=O) groups excluding carboxylic acids is 2. The molecular weight excluding hydrogens is 302 g/mol. The number of hydrogen-bond acceptors (Lipinski definition) is 3. The summed E-state index contributed by atoms with van der Waals surface area (Å²) in [6.07, 6.45) is 6.48. The Morgan fingerprint density at radius 3 is 2.45 bits per heavy atom. The minimum atomic E-state index is -0.259. The first-order valence-corrected chi connectivity index (χ1v) is 7.56. The number of amides is 2. The lowest BCUT2D eigenvalue weighted by Crippen LogP contribution is -2.34. The van der Waals surface area contributed by atoms with Gasteiger partial charge in [0.1, 0.15) is 0 Å². The monoisotopic (exact) mass is 325 g/mol. The second kappa shape index (κ2) is 9.30. The number of nitrogens with two attached hydrogens (primary N) is 1. The van der Waals surface area contributed by atoms with Crippen molar-refractivity contribution in [1.82, 2.24) is 5.32 Å². The fraction of sp³-hybridized carbons (Fsp3) is 0.500. The number of benzene rings is 1. The first-order valence-electron chi connectivity index (χ1n) is 7.56. The standard InChI is InChI=1S/C16H23N3O2.ClH/c17-13-8-4-5-9-14(13)19-16(21)11-18-15(20)10-12-6-2-1-3-7-12;/h4-5,8-9,12H,1-3,6-7,10-11,17H2,(H,18,20)(H,19,21);1H. The summed E-state index contributed by atoms with van der Waals surface area (Å²) in [5, 5.41) is 5.37. The van der Waals surface area contributed by atoms with Crippen molar-refractivity contribution in [2.75, 3.05) is 17.6 Å². The molecule has 1 aliphatic rings. The maximum absolute atomic E-state index is 11.8. The lowest BCUT2D eigenvalue weighted by molar-refractivity contribution is -0.125. The molecule has 1 fully saturated rings. The first-order chi connectivity index (χ1) is 10.1. The summed E-state index contributed by atoms with van der Waals surface area (Å²) in [5.74, 6) is 0.176. The van der Waals surface area contributed by atoms with E-state index in [9.17, 15) is 9.59 Å². The average molecular weight is 326 g/mol. The normalized spacial score (nSPS) is 14.7. The third-order valence-electron chi connectivity index (χ3n) is 3.88. The molecule has 6 heteroatoms. The molecule has 1 aromatic rings. The highest BCUT2D eigenvalue weighted by molar-refractivity contribution is 5.96. The molecule has 0 spiro atoms. The third kappa shape index (κ3) is 5.93. The fourth-order valence-corrected chi connectivity index (χ4v) is 2.71. The molecule has 0 radical (unpaired) electrons. The SMILES string of the molecule is Cl.Nc1ccccc1NC(=O)CNC(=O)CC1CCCCC1. The van der Waals surface area contributed by atoms with Crippen LogP contribution in [0.25, 0.3) is 0 Å².